The van der Waals surface area contributed by atoms with Crippen molar-refractivity contribution in [2.24, 2.45) is 0 Å². The Bertz CT molecular complexity index is 310. The monoisotopic (exact) mass is 253 g/mol. The number of nitrogens with one attached hydrogen (secondary N) is 1. The highest BCUT2D eigenvalue weighted by Crippen LogP contribution is 2.48. The fourth-order valence-corrected chi connectivity index (χ4v) is 1.38. The molecule has 0 saturated heterocycles. The molecule has 17 heavy (non-hydrogen) atoms. The first-order valence-corrected chi connectivity index (χ1v) is 5.34. The topological polar surface area (TPSA) is 55.4 Å². The Labute approximate surface area is 96.5 Å². The maximum atomic E-state index is 12.5. The molecule has 7 heteroatoms. The largest absolute Gasteiger partial charge is 0.466 e. The van der Waals surface area contributed by atoms with Gasteiger partial charge in [0.25, 0.3) is 0 Å². The summed E-state index contributed by atoms with van der Waals surface area (Å²) in [7, 11) is 0. The minimum absolute atomic E-state index is 0.0956. The van der Waals surface area contributed by atoms with Gasteiger partial charge in [-0.05, 0) is 19.8 Å². The number of esters is 1. The fraction of sp³-hybridized carbons (Fsp3) is 0.800. The van der Waals surface area contributed by atoms with Gasteiger partial charge in [0.2, 0.25) is 5.91 Å². The van der Waals surface area contributed by atoms with Crippen molar-refractivity contribution in [1.29, 1.82) is 0 Å². The third-order valence-electron chi connectivity index (χ3n) is 2.53. The zero-order valence-electron chi connectivity index (χ0n) is 9.39. The van der Waals surface area contributed by atoms with Crippen LogP contribution >= 0.6 is 0 Å². The molecule has 0 aromatic carbocycles. The second-order valence-electron chi connectivity index (χ2n) is 3.93. The van der Waals surface area contributed by atoms with E-state index in [2.05, 4.69) is 4.74 Å². The third-order valence-corrected chi connectivity index (χ3v) is 2.53. The van der Waals surface area contributed by atoms with E-state index in [1.54, 1.807) is 6.92 Å². The summed E-state index contributed by atoms with van der Waals surface area (Å²) < 4.78 is 42.0. The second kappa shape index (κ2) is 4.93. The zero-order chi connectivity index (χ0) is 13.1. The van der Waals surface area contributed by atoms with E-state index in [1.165, 1.54) is 0 Å². The molecule has 0 radical (unpaired) electrons. The van der Waals surface area contributed by atoms with Crippen molar-refractivity contribution in [3.63, 3.8) is 0 Å². The van der Waals surface area contributed by atoms with Crippen LogP contribution in [0.5, 0.6) is 0 Å². The molecule has 1 amide bonds. The van der Waals surface area contributed by atoms with Crippen LogP contribution in [0.1, 0.15) is 32.6 Å². The van der Waals surface area contributed by atoms with Gasteiger partial charge in [-0.15, -0.1) is 0 Å². The first-order valence-electron chi connectivity index (χ1n) is 5.34. The number of hydrogen-bond donors (Lipinski definition) is 1. The Morgan fingerprint density at radius 3 is 2.29 bits per heavy atom. The second-order valence-corrected chi connectivity index (χ2v) is 3.93. The first kappa shape index (κ1) is 13.8. The summed E-state index contributed by atoms with van der Waals surface area (Å²) in [4.78, 5) is 22.1. The Balaban J connectivity index is 2.34. The number of rotatable bonds is 5. The normalized spacial score (nSPS) is 17.4. The third kappa shape index (κ3) is 3.61. The van der Waals surface area contributed by atoms with Gasteiger partial charge in [0.15, 0.2) is 0 Å². The molecule has 1 rings (SSSR count). The van der Waals surface area contributed by atoms with E-state index in [0.29, 0.717) is 0 Å². The molecule has 98 valence electrons. The Morgan fingerprint density at radius 2 is 1.88 bits per heavy atom. The molecule has 0 aromatic rings. The van der Waals surface area contributed by atoms with Crippen molar-refractivity contribution >= 4 is 11.9 Å². The van der Waals surface area contributed by atoms with Crippen LogP contribution in [-0.2, 0) is 14.3 Å². The van der Waals surface area contributed by atoms with Gasteiger partial charge in [0.1, 0.15) is 5.54 Å². The molecule has 1 aliphatic rings. The van der Waals surface area contributed by atoms with E-state index >= 15 is 0 Å². The summed E-state index contributed by atoms with van der Waals surface area (Å²) in [6.07, 6.45) is -5.10. The minimum atomic E-state index is -4.42. The summed E-state index contributed by atoms with van der Waals surface area (Å²) in [5.74, 6) is -1.35. The van der Waals surface area contributed by atoms with Crippen molar-refractivity contribution in [2.45, 2.75) is 44.3 Å². The first-order chi connectivity index (χ1) is 7.81. The highest BCUT2D eigenvalue weighted by Gasteiger charge is 2.64. The standard InChI is InChI=1S/C10H14F3NO3/c1-2-17-8(16)4-3-7(15)14-9(5-6-9)10(11,12)13/h2-6H2,1H3,(H,14,15). The van der Waals surface area contributed by atoms with Gasteiger partial charge in [-0.25, -0.2) is 0 Å². The van der Waals surface area contributed by atoms with E-state index in [0.717, 1.165) is 0 Å². The SMILES string of the molecule is CCOC(=O)CCC(=O)NC1(C(F)(F)F)CC1. The molecule has 1 saturated carbocycles. The van der Waals surface area contributed by atoms with Gasteiger partial charge in [-0.1, -0.05) is 0 Å². The maximum absolute atomic E-state index is 12.5. The number of hydrogen-bond acceptors (Lipinski definition) is 3. The minimum Gasteiger partial charge on any atom is -0.466 e. The Hall–Kier alpha value is -1.27. The van der Waals surface area contributed by atoms with E-state index in [1.807, 2.05) is 5.32 Å². The van der Waals surface area contributed by atoms with Crippen LogP contribution in [0.15, 0.2) is 0 Å². The molecule has 0 unspecified atom stereocenters. The molecule has 1 aliphatic carbocycles. The van der Waals surface area contributed by atoms with Crippen LogP contribution in [0.25, 0.3) is 0 Å². The zero-order valence-corrected chi connectivity index (χ0v) is 9.39. The van der Waals surface area contributed by atoms with Gasteiger partial charge >= 0.3 is 12.1 Å². The maximum Gasteiger partial charge on any atom is 0.411 e. The average Bonchev–Trinajstić information content (AvgIpc) is 2.95. The number of carbonyl (C=O) groups is 2. The molecule has 0 spiro atoms. The summed E-state index contributed by atoms with van der Waals surface area (Å²) >= 11 is 0. The van der Waals surface area contributed by atoms with Crippen molar-refractivity contribution in [3.05, 3.63) is 0 Å². The Morgan fingerprint density at radius 1 is 1.29 bits per heavy atom. The van der Waals surface area contributed by atoms with Gasteiger partial charge < -0.3 is 10.1 Å². The molecule has 0 aliphatic heterocycles. The van der Waals surface area contributed by atoms with Gasteiger partial charge in [0, 0.05) is 6.42 Å². The van der Waals surface area contributed by atoms with Crippen molar-refractivity contribution < 1.29 is 27.5 Å². The lowest BCUT2D eigenvalue weighted by atomic mass is 10.2. The van der Waals surface area contributed by atoms with Crippen molar-refractivity contribution in [1.82, 2.24) is 5.32 Å². The average molecular weight is 253 g/mol. The van der Waals surface area contributed by atoms with Crippen molar-refractivity contribution in [2.75, 3.05) is 6.61 Å². The van der Waals surface area contributed by atoms with Crippen LogP contribution in [0, 0.1) is 0 Å². The lowest BCUT2D eigenvalue weighted by Gasteiger charge is -2.20. The summed E-state index contributed by atoms with van der Waals surface area (Å²) in [6, 6.07) is 0. The highest BCUT2D eigenvalue weighted by molar-refractivity contribution is 5.82. The molecule has 0 atom stereocenters. The van der Waals surface area contributed by atoms with Crippen molar-refractivity contribution in [3.8, 4) is 0 Å². The summed E-state index contributed by atoms with van der Waals surface area (Å²) in [5, 5.41) is 1.93. The van der Waals surface area contributed by atoms with E-state index in [4.69, 9.17) is 0 Å². The lowest BCUT2D eigenvalue weighted by molar-refractivity contribution is -0.170. The molecule has 0 aromatic heterocycles. The predicted molar refractivity (Wildman–Crippen MR) is 52.0 cm³/mol. The Kier molecular flexibility index (Phi) is 4.00. The predicted octanol–water partition coefficient (Wildman–Crippen LogP) is 1.54. The number of alkyl halides is 3. The molecule has 0 heterocycles. The van der Waals surface area contributed by atoms with Gasteiger partial charge in [-0.2, -0.15) is 13.2 Å². The quantitative estimate of drug-likeness (QED) is 0.756. The van der Waals surface area contributed by atoms with Gasteiger partial charge in [0.05, 0.1) is 13.0 Å². The summed E-state index contributed by atoms with van der Waals surface area (Å²) in [6.45, 7) is 1.80. The molecule has 1 fully saturated rings. The number of amides is 1. The van der Waals surface area contributed by atoms with E-state index in [9.17, 15) is 22.8 Å². The van der Waals surface area contributed by atoms with Gasteiger partial charge in [-0.3, -0.25) is 9.59 Å². The summed E-state index contributed by atoms with van der Waals surface area (Å²) in [5.41, 5.74) is -2.06. The van der Waals surface area contributed by atoms with E-state index in [-0.39, 0.29) is 32.3 Å². The van der Waals surface area contributed by atoms with Crippen LogP contribution < -0.4 is 5.32 Å². The molecular weight excluding hydrogens is 239 g/mol. The van der Waals surface area contributed by atoms with Crippen LogP contribution in [0.4, 0.5) is 13.2 Å². The number of carbonyl (C=O) groups excluding carboxylic acids is 2. The van der Waals surface area contributed by atoms with E-state index < -0.39 is 23.6 Å². The molecular formula is C10H14F3NO3. The molecule has 0 bridgehead atoms. The fourth-order valence-electron chi connectivity index (χ4n) is 1.38. The van der Waals surface area contributed by atoms with Crippen LogP contribution in [0.2, 0.25) is 0 Å². The van der Waals surface area contributed by atoms with Crippen LogP contribution in [-0.4, -0.2) is 30.2 Å². The highest BCUT2D eigenvalue weighted by atomic mass is 19.4. The number of halogens is 3. The molecule has 1 N–H and O–H groups in total. The van der Waals surface area contributed by atoms with Crippen LogP contribution in [0.3, 0.4) is 0 Å². The smallest absolute Gasteiger partial charge is 0.411 e. The number of ether oxygens (including phenoxy) is 1. The lowest BCUT2D eigenvalue weighted by Crippen LogP contribution is -2.47. The molecule has 4 nitrogen and oxygen atoms in total.